The highest BCUT2D eigenvalue weighted by Crippen LogP contribution is 2.22. The number of carbonyl (C=O) groups excluding carboxylic acids is 1. The van der Waals surface area contributed by atoms with Crippen LogP contribution in [0.5, 0.6) is 0 Å². The van der Waals surface area contributed by atoms with Crippen molar-refractivity contribution < 1.29 is 4.79 Å². The molecule has 118 valence electrons. The van der Waals surface area contributed by atoms with Crippen LogP contribution in [0.1, 0.15) is 38.2 Å². The molecule has 0 fully saturated rings. The van der Waals surface area contributed by atoms with Gasteiger partial charge in [0.05, 0.1) is 5.75 Å². The Balaban J connectivity index is 1.98. The molecule has 0 spiro atoms. The fourth-order valence-electron chi connectivity index (χ4n) is 2.22. The normalized spacial score (nSPS) is 11.0. The van der Waals surface area contributed by atoms with Crippen LogP contribution in [0.15, 0.2) is 29.4 Å². The molecule has 22 heavy (non-hydrogen) atoms. The van der Waals surface area contributed by atoms with Crippen LogP contribution in [-0.4, -0.2) is 26.4 Å². The monoisotopic (exact) mass is 318 g/mol. The van der Waals surface area contributed by atoms with Crippen LogP contribution in [0.4, 0.5) is 5.69 Å². The van der Waals surface area contributed by atoms with Crippen molar-refractivity contribution in [2.24, 2.45) is 0 Å². The van der Waals surface area contributed by atoms with Crippen molar-refractivity contribution in [2.45, 2.75) is 45.3 Å². The van der Waals surface area contributed by atoms with Gasteiger partial charge in [-0.25, -0.2) is 0 Å². The molecule has 1 N–H and O–H groups in total. The Morgan fingerprint density at radius 1 is 1.36 bits per heavy atom. The van der Waals surface area contributed by atoms with E-state index in [2.05, 4.69) is 40.9 Å². The van der Waals surface area contributed by atoms with E-state index >= 15 is 0 Å². The maximum atomic E-state index is 12.1. The summed E-state index contributed by atoms with van der Waals surface area (Å²) < 4.78 is 2.09. The number of benzene rings is 1. The van der Waals surface area contributed by atoms with Gasteiger partial charge in [0.1, 0.15) is 5.82 Å². The number of hydrogen-bond acceptors (Lipinski definition) is 4. The van der Waals surface area contributed by atoms with Crippen molar-refractivity contribution in [1.82, 2.24) is 14.8 Å². The number of amides is 1. The van der Waals surface area contributed by atoms with Crippen LogP contribution in [0.2, 0.25) is 0 Å². The lowest BCUT2D eigenvalue weighted by molar-refractivity contribution is -0.113. The topological polar surface area (TPSA) is 59.8 Å². The highest BCUT2D eigenvalue weighted by Gasteiger charge is 2.15. The van der Waals surface area contributed by atoms with Gasteiger partial charge >= 0.3 is 0 Å². The standard InChI is InChI=1S/C16H22N4OS/c1-5-14-18-19-16(20(14)11(2)3)22-10-15(21)17-13-8-6-7-12(4)9-13/h6-9,11H,5,10H2,1-4H3,(H,17,21). The Kier molecular flexibility index (Phi) is 5.60. The fraction of sp³-hybridized carbons (Fsp3) is 0.438. The number of aryl methyl sites for hydroxylation is 2. The predicted octanol–water partition coefficient (Wildman–Crippen LogP) is 3.46. The van der Waals surface area contributed by atoms with E-state index in [9.17, 15) is 4.79 Å². The molecule has 0 aliphatic rings. The van der Waals surface area contributed by atoms with E-state index in [1.165, 1.54) is 11.8 Å². The van der Waals surface area contributed by atoms with Gasteiger partial charge in [-0.05, 0) is 38.5 Å². The SMILES string of the molecule is CCc1nnc(SCC(=O)Nc2cccc(C)c2)n1C(C)C. The molecule has 0 saturated heterocycles. The van der Waals surface area contributed by atoms with Gasteiger partial charge in [0, 0.05) is 18.2 Å². The number of nitrogens with one attached hydrogen (secondary N) is 1. The molecular weight excluding hydrogens is 296 g/mol. The van der Waals surface area contributed by atoms with E-state index in [0.717, 1.165) is 28.7 Å². The molecule has 0 atom stereocenters. The van der Waals surface area contributed by atoms with E-state index in [4.69, 9.17) is 0 Å². The molecule has 0 bridgehead atoms. The highest BCUT2D eigenvalue weighted by molar-refractivity contribution is 7.99. The van der Waals surface area contributed by atoms with E-state index in [0.29, 0.717) is 5.75 Å². The molecule has 1 aromatic carbocycles. The van der Waals surface area contributed by atoms with Crippen molar-refractivity contribution in [3.63, 3.8) is 0 Å². The summed E-state index contributed by atoms with van der Waals surface area (Å²) in [6.07, 6.45) is 0.835. The van der Waals surface area contributed by atoms with Crippen LogP contribution < -0.4 is 5.32 Å². The molecule has 0 aliphatic heterocycles. The molecule has 0 unspecified atom stereocenters. The first-order valence-electron chi connectivity index (χ1n) is 7.44. The van der Waals surface area contributed by atoms with E-state index in [1.807, 2.05) is 31.2 Å². The van der Waals surface area contributed by atoms with Gasteiger partial charge in [0.25, 0.3) is 0 Å². The molecule has 2 aromatic rings. The predicted molar refractivity (Wildman–Crippen MR) is 90.3 cm³/mol. The fourth-order valence-corrected chi connectivity index (χ4v) is 3.10. The lowest BCUT2D eigenvalue weighted by Crippen LogP contribution is -2.15. The van der Waals surface area contributed by atoms with Crippen LogP contribution in [0.3, 0.4) is 0 Å². The molecule has 2 rings (SSSR count). The number of thioether (sulfide) groups is 1. The second-order valence-electron chi connectivity index (χ2n) is 5.42. The average molecular weight is 318 g/mol. The second kappa shape index (κ2) is 7.45. The molecule has 1 aromatic heterocycles. The lowest BCUT2D eigenvalue weighted by atomic mass is 10.2. The molecule has 0 saturated carbocycles. The zero-order chi connectivity index (χ0) is 16.1. The maximum Gasteiger partial charge on any atom is 0.234 e. The van der Waals surface area contributed by atoms with Gasteiger partial charge in [-0.2, -0.15) is 0 Å². The van der Waals surface area contributed by atoms with Gasteiger partial charge in [-0.3, -0.25) is 4.79 Å². The zero-order valence-electron chi connectivity index (χ0n) is 13.5. The van der Waals surface area contributed by atoms with Gasteiger partial charge < -0.3 is 9.88 Å². The molecule has 1 amide bonds. The van der Waals surface area contributed by atoms with Gasteiger partial charge in [-0.15, -0.1) is 10.2 Å². The number of carbonyl (C=O) groups is 1. The number of anilines is 1. The number of aromatic nitrogens is 3. The first kappa shape index (κ1) is 16.5. The summed E-state index contributed by atoms with van der Waals surface area (Å²) in [6, 6.07) is 8.06. The van der Waals surface area contributed by atoms with E-state index < -0.39 is 0 Å². The smallest absolute Gasteiger partial charge is 0.234 e. The largest absolute Gasteiger partial charge is 0.325 e. The van der Waals surface area contributed by atoms with Crippen LogP contribution in [0.25, 0.3) is 0 Å². The molecular formula is C16H22N4OS. The van der Waals surface area contributed by atoms with Crippen molar-refractivity contribution in [2.75, 3.05) is 11.1 Å². The van der Waals surface area contributed by atoms with E-state index in [1.54, 1.807) is 0 Å². The summed E-state index contributed by atoms with van der Waals surface area (Å²) in [5.41, 5.74) is 1.95. The molecule has 0 aliphatic carbocycles. The van der Waals surface area contributed by atoms with Crippen molar-refractivity contribution >= 4 is 23.4 Å². The average Bonchev–Trinajstić information content (AvgIpc) is 2.88. The Labute approximate surface area is 135 Å². The van der Waals surface area contributed by atoms with Crippen LogP contribution >= 0.6 is 11.8 Å². The second-order valence-corrected chi connectivity index (χ2v) is 6.36. The summed E-state index contributed by atoms with van der Waals surface area (Å²) >= 11 is 1.42. The molecule has 6 heteroatoms. The number of hydrogen-bond donors (Lipinski definition) is 1. The Morgan fingerprint density at radius 3 is 2.77 bits per heavy atom. The van der Waals surface area contributed by atoms with Gasteiger partial charge in [0.15, 0.2) is 5.16 Å². The third-order valence-corrected chi connectivity index (χ3v) is 4.15. The minimum atomic E-state index is -0.0352. The van der Waals surface area contributed by atoms with Crippen molar-refractivity contribution in [3.8, 4) is 0 Å². The van der Waals surface area contributed by atoms with Crippen LogP contribution in [0, 0.1) is 6.92 Å². The first-order valence-corrected chi connectivity index (χ1v) is 8.43. The maximum absolute atomic E-state index is 12.1. The summed E-state index contributed by atoms with van der Waals surface area (Å²) in [6.45, 7) is 8.25. The zero-order valence-corrected chi connectivity index (χ0v) is 14.3. The van der Waals surface area contributed by atoms with Gasteiger partial charge in [0.2, 0.25) is 5.91 Å². The Bertz CT molecular complexity index is 651. The molecule has 0 radical (unpaired) electrons. The van der Waals surface area contributed by atoms with E-state index in [-0.39, 0.29) is 11.9 Å². The quantitative estimate of drug-likeness (QED) is 0.829. The minimum Gasteiger partial charge on any atom is -0.325 e. The first-order chi connectivity index (χ1) is 10.5. The van der Waals surface area contributed by atoms with Crippen molar-refractivity contribution in [1.29, 1.82) is 0 Å². The Hall–Kier alpha value is -1.82. The third-order valence-electron chi connectivity index (χ3n) is 3.20. The lowest BCUT2D eigenvalue weighted by Gasteiger charge is -2.12. The summed E-state index contributed by atoms with van der Waals surface area (Å²) in [5, 5.41) is 12.1. The molecule has 5 nitrogen and oxygen atoms in total. The summed E-state index contributed by atoms with van der Waals surface area (Å²) in [7, 11) is 0. The third kappa shape index (κ3) is 4.10. The minimum absolute atomic E-state index is 0.0352. The highest BCUT2D eigenvalue weighted by atomic mass is 32.2. The summed E-state index contributed by atoms with van der Waals surface area (Å²) in [4.78, 5) is 12.1. The Morgan fingerprint density at radius 2 is 2.14 bits per heavy atom. The van der Waals surface area contributed by atoms with Crippen molar-refractivity contribution in [3.05, 3.63) is 35.7 Å². The number of rotatable bonds is 6. The number of nitrogens with zero attached hydrogens (tertiary/aromatic N) is 3. The summed E-state index contributed by atoms with van der Waals surface area (Å²) in [5.74, 6) is 1.24. The molecule has 1 heterocycles. The van der Waals surface area contributed by atoms with Crippen LogP contribution in [-0.2, 0) is 11.2 Å². The van der Waals surface area contributed by atoms with Gasteiger partial charge in [-0.1, -0.05) is 30.8 Å².